The van der Waals surface area contributed by atoms with Gasteiger partial charge >= 0.3 is 6.55 Å². The molecule has 1 amide bonds. The fraction of sp³-hybridized carbons (Fsp3) is 0.444. The van der Waals surface area contributed by atoms with E-state index in [1.54, 1.807) is 13.8 Å². The van der Waals surface area contributed by atoms with Gasteiger partial charge in [0, 0.05) is 17.3 Å². The zero-order valence-electron chi connectivity index (χ0n) is 13.9. The SMILES string of the molecule is Cc1nn(C(F)F)c(C)c1CC(=O)N[C@@H]1CCc2ccccc2C1. The number of hydrogen-bond acceptors (Lipinski definition) is 2. The molecule has 1 aromatic carbocycles. The van der Waals surface area contributed by atoms with Crippen LogP contribution in [-0.4, -0.2) is 21.7 Å². The molecule has 1 aliphatic rings. The van der Waals surface area contributed by atoms with Crippen LogP contribution in [0.15, 0.2) is 24.3 Å². The molecule has 0 saturated carbocycles. The van der Waals surface area contributed by atoms with Crippen LogP contribution in [0, 0.1) is 13.8 Å². The molecule has 128 valence electrons. The third kappa shape index (κ3) is 3.32. The van der Waals surface area contributed by atoms with E-state index in [2.05, 4.69) is 22.5 Å². The van der Waals surface area contributed by atoms with Crippen LogP contribution in [0.4, 0.5) is 8.78 Å². The summed E-state index contributed by atoms with van der Waals surface area (Å²) in [6.45, 7) is 0.548. The predicted molar refractivity (Wildman–Crippen MR) is 87.1 cm³/mol. The number of aryl methyl sites for hydroxylation is 2. The Morgan fingerprint density at radius 2 is 2.04 bits per heavy atom. The number of carbonyl (C=O) groups is 1. The number of nitrogens with zero attached hydrogens (tertiary/aromatic N) is 2. The molecule has 0 aliphatic heterocycles. The molecule has 3 rings (SSSR count). The number of hydrogen-bond donors (Lipinski definition) is 1. The van der Waals surface area contributed by atoms with E-state index >= 15 is 0 Å². The Morgan fingerprint density at radius 3 is 2.71 bits per heavy atom. The van der Waals surface area contributed by atoms with Crippen LogP contribution in [0.1, 0.15) is 41.0 Å². The van der Waals surface area contributed by atoms with Gasteiger partial charge in [0.1, 0.15) is 0 Å². The van der Waals surface area contributed by atoms with Crippen LogP contribution in [0.3, 0.4) is 0 Å². The Hall–Kier alpha value is -2.24. The van der Waals surface area contributed by atoms with Crippen molar-refractivity contribution in [1.82, 2.24) is 15.1 Å². The molecule has 1 heterocycles. The molecule has 0 unspecified atom stereocenters. The van der Waals surface area contributed by atoms with Crippen molar-refractivity contribution in [2.24, 2.45) is 0 Å². The molecule has 0 spiro atoms. The zero-order valence-corrected chi connectivity index (χ0v) is 13.9. The van der Waals surface area contributed by atoms with Crippen molar-refractivity contribution in [2.75, 3.05) is 0 Å². The number of fused-ring (bicyclic) bond motifs is 1. The highest BCUT2D eigenvalue weighted by atomic mass is 19.3. The molecule has 1 aromatic heterocycles. The second-order valence-corrected chi connectivity index (χ2v) is 6.32. The smallest absolute Gasteiger partial charge is 0.333 e. The van der Waals surface area contributed by atoms with Gasteiger partial charge in [-0.25, -0.2) is 4.68 Å². The van der Waals surface area contributed by atoms with E-state index < -0.39 is 6.55 Å². The molecule has 24 heavy (non-hydrogen) atoms. The van der Waals surface area contributed by atoms with Gasteiger partial charge in [0.25, 0.3) is 0 Å². The normalized spacial score (nSPS) is 17.0. The summed E-state index contributed by atoms with van der Waals surface area (Å²) in [5, 5.41) is 6.86. The van der Waals surface area contributed by atoms with Crippen LogP contribution in [0.25, 0.3) is 0 Å². The molecule has 1 N–H and O–H groups in total. The average Bonchev–Trinajstić information content (AvgIpc) is 2.83. The first-order chi connectivity index (χ1) is 11.5. The van der Waals surface area contributed by atoms with E-state index in [1.807, 2.05) is 12.1 Å². The molecule has 1 aliphatic carbocycles. The van der Waals surface area contributed by atoms with Gasteiger partial charge in [0.05, 0.1) is 12.1 Å². The lowest BCUT2D eigenvalue weighted by atomic mass is 9.88. The number of nitrogens with one attached hydrogen (secondary N) is 1. The Morgan fingerprint density at radius 1 is 1.33 bits per heavy atom. The van der Waals surface area contributed by atoms with Gasteiger partial charge in [-0.05, 0) is 44.2 Å². The molecule has 2 aromatic rings. The summed E-state index contributed by atoms with van der Waals surface area (Å²) >= 11 is 0. The number of amides is 1. The maximum absolute atomic E-state index is 12.9. The van der Waals surface area contributed by atoms with Crippen LogP contribution in [0.2, 0.25) is 0 Å². The largest absolute Gasteiger partial charge is 0.353 e. The quantitative estimate of drug-likeness (QED) is 0.934. The molecule has 1 atom stereocenters. The first-order valence-corrected chi connectivity index (χ1v) is 8.14. The van der Waals surface area contributed by atoms with Crippen molar-refractivity contribution < 1.29 is 13.6 Å². The Bertz CT molecular complexity index is 755. The summed E-state index contributed by atoms with van der Waals surface area (Å²) in [5.74, 6) is -0.139. The number of carbonyl (C=O) groups excluding carboxylic acids is 1. The van der Waals surface area contributed by atoms with Crippen molar-refractivity contribution in [2.45, 2.75) is 52.1 Å². The molecule has 0 saturated heterocycles. The van der Waals surface area contributed by atoms with Crippen molar-refractivity contribution in [3.63, 3.8) is 0 Å². The minimum Gasteiger partial charge on any atom is -0.353 e. The second kappa shape index (κ2) is 6.71. The van der Waals surface area contributed by atoms with E-state index in [0.717, 1.165) is 19.3 Å². The molecule has 0 fully saturated rings. The first kappa shape index (κ1) is 16.6. The highest BCUT2D eigenvalue weighted by Crippen LogP contribution is 2.22. The highest BCUT2D eigenvalue weighted by molar-refractivity contribution is 5.79. The van der Waals surface area contributed by atoms with Crippen molar-refractivity contribution >= 4 is 5.91 Å². The fourth-order valence-electron chi connectivity index (χ4n) is 3.40. The summed E-state index contributed by atoms with van der Waals surface area (Å²) in [5.41, 5.74) is 4.03. The highest BCUT2D eigenvalue weighted by Gasteiger charge is 2.22. The van der Waals surface area contributed by atoms with Gasteiger partial charge in [-0.2, -0.15) is 13.9 Å². The van der Waals surface area contributed by atoms with E-state index in [0.29, 0.717) is 21.6 Å². The third-order valence-electron chi connectivity index (χ3n) is 4.71. The van der Waals surface area contributed by atoms with E-state index in [4.69, 9.17) is 0 Å². The van der Waals surface area contributed by atoms with Crippen molar-refractivity contribution in [3.8, 4) is 0 Å². The van der Waals surface area contributed by atoms with Crippen LogP contribution < -0.4 is 5.32 Å². The van der Waals surface area contributed by atoms with Gasteiger partial charge in [0.15, 0.2) is 0 Å². The van der Waals surface area contributed by atoms with Gasteiger partial charge in [-0.3, -0.25) is 4.79 Å². The Labute approximate surface area is 139 Å². The molecular weight excluding hydrogens is 312 g/mol. The number of alkyl halides is 2. The van der Waals surface area contributed by atoms with E-state index in [1.165, 1.54) is 11.1 Å². The summed E-state index contributed by atoms with van der Waals surface area (Å²) in [6.07, 6.45) is 2.75. The maximum atomic E-state index is 12.9. The van der Waals surface area contributed by atoms with Gasteiger partial charge in [-0.15, -0.1) is 0 Å². The molecule has 0 bridgehead atoms. The number of rotatable bonds is 4. The lowest BCUT2D eigenvalue weighted by Gasteiger charge is -2.25. The monoisotopic (exact) mass is 333 g/mol. The van der Waals surface area contributed by atoms with Gasteiger partial charge in [0.2, 0.25) is 5.91 Å². The second-order valence-electron chi connectivity index (χ2n) is 6.32. The predicted octanol–water partition coefficient (Wildman–Crippen LogP) is 3.11. The van der Waals surface area contributed by atoms with Gasteiger partial charge < -0.3 is 5.32 Å². The number of aromatic nitrogens is 2. The Kier molecular flexibility index (Phi) is 4.64. The lowest BCUT2D eigenvalue weighted by molar-refractivity contribution is -0.121. The average molecular weight is 333 g/mol. The van der Waals surface area contributed by atoms with E-state index in [-0.39, 0.29) is 18.4 Å². The van der Waals surface area contributed by atoms with E-state index in [9.17, 15) is 13.6 Å². The molecule has 6 heteroatoms. The number of benzene rings is 1. The number of halogens is 2. The molecule has 0 radical (unpaired) electrons. The minimum atomic E-state index is -2.68. The third-order valence-corrected chi connectivity index (χ3v) is 4.71. The van der Waals surface area contributed by atoms with Crippen molar-refractivity contribution in [1.29, 1.82) is 0 Å². The summed E-state index contributed by atoms with van der Waals surface area (Å²) in [4.78, 5) is 12.3. The summed E-state index contributed by atoms with van der Waals surface area (Å²) < 4.78 is 26.4. The molecule has 4 nitrogen and oxygen atoms in total. The van der Waals surface area contributed by atoms with Crippen molar-refractivity contribution in [3.05, 3.63) is 52.3 Å². The zero-order chi connectivity index (χ0) is 17.3. The van der Waals surface area contributed by atoms with Crippen LogP contribution in [-0.2, 0) is 24.1 Å². The lowest BCUT2D eigenvalue weighted by Crippen LogP contribution is -2.39. The molecular formula is C18H21F2N3O. The van der Waals surface area contributed by atoms with Crippen LogP contribution in [0.5, 0.6) is 0 Å². The summed E-state index contributed by atoms with van der Waals surface area (Å²) in [6, 6.07) is 8.35. The van der Waals surface area contributed by atoms with Crippen LogP contribution >= 0.6 is 0 Å². The first-order valence-electron chi connectivity index (χ1n) is 8.14. The minimum absolute atomic E-state index is 0.0858. The fourth-order valence-corrected chi connectivity index (χ4v) is 3.40. The standard InChI is InChI=1S/C18H21F2N3O/c1-11-16(12(2)23(22-11)18(19)20)10-17(24)21-15-8-7-13-5-3-4-6-14(13)9-15/h3-6,15,18H,7-10H2,1-2H3,(H,21,24)/t15-/m1/s1. The van der Waals surface area contributed by atoms with Gasteiger partial charge in [-0.1, -0.05) is 24.3 Å². The summed E-state index contributed by atoms with van der Waals surface area (Å²) in [7, 11) is 0. The Balaban J connectivity index is 1.65. The maximum Gasteiger partial charge on any atom is 0.333 e. The topological polar surface area (TPSA) is 46.9 Å².